The summed E-state index contributed by atoms with van der Waals surface area (Å²) in [5, 5.41) is 6.85. The second kappa shape index (κ2) is 10.7. The maximum Gasteiger partial charge on any atom is 0.222 e. The normalized spacial score (nSPS) is 21.1. The predicted octanol–water partition coefficient (Wildman–Crippen LogP) is 1.60. The van der Waals surface area contributed by atoms with Gasteiger partial charge in [-0.25, -0.2) is 0 Å². The summed E-state index contributed by atoms with van der Waals surface area (Å²) in [4.78, 5) is 23.3. The van der Waals surface area contributed by atoms with Crippen LogP contribution in [0.5, 0.6) is 0 Å². The molecule has 2 N–H and O–H groups in total. The maximum absolute atomic E-state index is 11.7. The number of likely N-dealkylation sites (N-methyl/N-ethyl adjacent to an activating group) is 1. The fraction of sp³-hybridized carbons (Fsp3) is 0.652. The van der Waals surface area contributed by atoms with Gasteiger partial charge in [-0.05, 0) is 44.4 Å². The number of nitrogens with zero attached hydrogens (tertiary/aromatic N) is 4. The van der Waals surface area contributed by atoms with Gasteiger partial charge >= 0.3 is 0 Å². The van der Waals surface area contributed by atoms with Gasteiger partial charge in [0.1, 0.15) is 0 Å². The lowest BCUT2D eigenvalue weighted by molar-refractivity contribution is -0.132. The lowest BCUT2D eigenvalue weighted by atomic mass is 10.1. The summed E-state index contributed by atoms with van der Waals surface area (Å²) in [5.74, 6) is 1.09. The van der Waals surface area contributed by atoms with Gasteiger partial charge in [-0.1, -0.05) is 12.1 Å². The molecule has 2 fully saturated rings. The number of anilines is 1. The molecule has 7 nitrogen and oxygen atoms in total. The lowest BCUT2D eigenvalue weighted by Gasteiger charge is -2.37. The number of nitrogens with one attached hydrogen (secondary N) is 2. The Morgan fingerprint density at radius 3 is 2.67 bits per heavy atom. The largest absolute Gasteiger partial charge is 0.369 e. The van der Waals surface area contributed by atoms with E-state index in [0.29, 0.717) is 6.42 Å². The zero-order valence-corrected chi connectivity index (χ0v) is 19.1. The molecular weight excluding hydrogens is 376 g/mol. The first-order valence-corrected chi connectivity index (χ1v) is 11.3. The first-order valence-electron chi connectivity index (χ1n) is 11.3. The highest BCUT2D eigenvalue weighted by Crippen LogP contribution is 2.23. The zero-order chi connectivity index (χ0) is 21.5. The summed E-state index contributed by atoms with van der Waals surface area (Å²) in [7, 11) is 1.87. The molecule has 7 heteroatoms. The number of carbonyl (C=O) groups excluding carboxylic acids is 1. The maximum atomic E-state index is 11.7. The van der Waals surface area contributed by atoms with Crippen LogP contribution in [0.2, 0.25) is 0 Å². The van der Waals surface area contributed by atoms with Crippen LogP contribution in [0.4, 0.5) is 5.69 Å². The molecule has 166 valence electrons. The monoisotopic (exact) mass is 414 g/mol. The number of hydrogen-bond acceptors (Lipinski definition) is 4. The molecule has 1 amide bonds. The Morgan fingerprint density at radius 2 is 1.97 bits per heavy atom. The lowest BCUT2D eigenvalue weighted by Crippen LogP contribution is -2.52. The molecule has 2 heterocycles. The molecular formula is C23H38N6O. The van der Waals surface area contributed by atoms with Crippen LogP contribution in [0.15, 0.2) is 23.2 Å². The van der Waals surface area contributed by atoms with Gasteiger partial charge < -0.3 is 20.4 Å². The Balaban J connectivity index is 1.45. The molecule has 0 bridgehead atoms. The molecule has 0 spiro atoms. The van der Waals surface area contributed by atoms with Gasteiger partial charge in [0.15, 0.2) is 5.96 Å². The minimum absolute atomic E-state index is 0.231. The fourth-order valence-electron chi connectivity index (χ4n) is 4.24. The van der Waals surface area contributed by atoms with E-state index in [2.05, 4.69) is 59.4 Å². The van der Waals surface area contributed by atoms with Gasteiger partial charge in [0.05, 0.1) is 6.54 Å². The third kappa shape index (κ3) is 5.88. The molecule has 2 saturated heterocycles. The van der Waals surface area contributed by atoms with Gasteiger partial charge in [0.2, 0.25) is 5.91 Å². The smallest absolute Gasteiger partial charge is 0.222 e. The first kappa shape index (κ1) is 22.4. The molecule has 0 aromatic heterocycles. The number of hydrogen-bond donors (Lipinski definition) is 2. The standard InChI is InChI=1S/C23H38N6O/c1-5-24-23(26-20-9-10-22(30)27(4)17-20)25-11-12-28-13-15-29(16-14-28)21-8-6-7-18(2)19(21)3/h6-8,20H,5,9-17H2,1-4H3,(H2,24,25,26). The number of piperidine rings is 1. The van der Waals surface area contributed by atoms with Crippen LogP contribution >= 0.6 is 0 Å². The van der Waals surface area contributed by atoms with Crippen molar-refractivity contribution in [1.29, 1.82) is 0 Å². The van der Waals surface area contributed by atoms with Crippen molar-refractivity contribution in [3.8, 4) is 0 Å². The minimum atomic E-state index is 0.231. The number of likely N-dealkylation sites (tertiary alicyclic amines) is 1. The van der Waals surface area contributed by atoms with Crippen LogP contribution in [0.25, 0.3) is 0 Å². The van der Waals surface area contributed by atoms with Crippen molar-refractivity contribution in [3.05, 3.63) is 29.3 Å². The molecule has 30 heavy (non-hydrogen) atoms. The third-order valence-electron chi connectivity index (χ3n) is 6.29. The van der Waals surface area contributed by atoms with Gasteiger partial charge in [0.25, 0.3) is 0 Å². The molecule has 0 radical (unpaired) electrons. The molecule has 1 aromatic rings. The summed E-state index contributed by atoms with van der Waals surface area (Å²) < 4.78 is 0. The first-order chi connectivity index (χ1) is 14.5. The number of aliphatic imine (C=N–C) groups is 1. The molecule has 1 aromatic carbocycles. The van der Waals surface area contributed by atoms with Crippen LogP contribution in [0.1, 0.15) is 30.9 Å². The van der Waals surface area contributed by atoms with Crippen molar-refractivity contribution in [2.45, 2.75) is 39.7 Å². The van der Waals surface area contributed by atoms with Crippen molar-refractivity contribution >= 4 is 17.6 Å². The zero-order valence-electron chi connectivity index (χ0n) is 19.1. The van der Waals surface area contributed by atoms with Crippen LogP contribution in [-0.2, 0) is 4.79 Å². The minimum Gasteiger partial charge on any atom is -0.369 e. The van der Waals surface area contributed by atoms with E-state index in [9.17, 15) is 4.79 Å². The number of piperazine rings is 1. The Hall–Kier alpha value is -2.28. The van der Waals surface area contributed by atoms with E-state index in [0.717, 1.165) is 64.7 Å². The summed E-state index contributed by atoms with van der Waals surface area (Å²) >= 11 is 0. The van der Waals surface area contributed by atoms with E-state index in [1.54, 1.807) is 4.90 Å². The van der Waals surface area contributed by atoms with E-state index in [1.165, 1.54) is 16.8 Å². The summed E-state index contributed by atoms with van der Waals surface area (Å²) in [6.07, 6.45) is 1.48. The number of rotatable bonds is 6. The highest BCUT2D eigenvalue weighted by molar-refractivity contribution is 5.81. The average molecular weight is 415 g/mol. The predicted molar refractivity (Wildman–Crippen MR) is 124 cm³/mol. The quantitative estimate of drug-likeness (QED) is 0.547. The van der Waals surface area contributed by atoms with E-state index in [1.807, 2.05) is 7.05 Å². The SMILES string of the molecule is CCNC(=NCCN1CCN(c2cccc(C)c2C)CC1)NC1CCC(=O)N(C)C1. The third-order valence-corrected chi connectivity index (χ3v) is 6.29. The Bertz CT molecular complexity index is 741. The Morgan fingerprint density at radius 1 is 1.20 bits per heavy atom. The van der Waals surface area contributed by atoms with Gasteiger partial charge in [-0.3, -0.25) is 14.7 Å². The summed E-state index contributed by atoms with van der Waals surface area (Å²) in [6.45, 7) is 14.1. The van der Waals surface area contributed by atoms with Crippen molar-refractivity contribution < 1.29 is 4.79 Å². The second-order valence-corrected chi connectivity index (χ2v) is 8.46. The summed E-state index contributed by atoms with van der Waals surface area (Å²) in [5.41, 5.74) is 4.13. The average Bonchev–Trinajstić information content (AvgIpc) is 2.73. The van der Waals surface area contributed by atoms with E-state index < -0.39 is 0 Å². The molecule has 1 atom stereocenters. The van der Waals surface area contributed by atoms with Crippen molar-refractivity contribution in [2.24, 2.45) is 4.99 Å². The van der Waals surface area contributed by atoms with Crippen molar-refractivity contribution in [1.82, 2.24) is 20.4 Å². The van der Waals surface area contributed by atoms with Crippen molar-refractivity contribution in [3.63, 3.8) is 0 Å². The number of carbonyl (C=O) groups is 1. The number of aryl methyl sites for hydroxylation is 1. The van der Waals surface area contributed by atoms with Gasteiger partial charge in [-0.15, -0.1) is 0 Å². The van der Waals surface area contributed by atoms with Gasteiger partial charge in [0, 0.05) is 71.0 Å². The molecule has 2 aliphatic rings. The molecule has 2 aliphatic heterocycles. The topological polar surface area (TPSA) is 63.2 Å². The van der Waals surface area contributed by atoms with E-state index in [-0.39, 0.29) is 11.9 Å². The highest BCUT2D eigenvalue weighted by Gasteiger charge is 2.23. The van der Waals surface area contributed by atoms with Gasteiger partial charge in [-0.2, -0.15) is 0 Å². The summed E-state index contributed by atoms with van der Waals surface area (Å²) in [6, 6.07) is 6.86. The molecule has 0 saturated carbocycles. The molecule has 1 unspecified atom stereocenters. The number of amides is 1. The second-order valence-electron chi connectivity index (χ2n) is 8.46. The number of guanidine groups is 1. The van der Waals surface area contributed by atoms with Crippen LogP contribution in [0.3, 0.4) is 0 Å². The van der Waals surface area contributed by atoms with Crippen LogP contribution < -0.4 is 15.5 Å². The molecule has 0 aliphatic carbocycles. The van der Waals surface area contributed by atoms with Crippen LogP contribution in [-0.4, -0.2) is 87.1 Å². The fourth-order valence-corrected chi connectivity index (χ4v) is 4.24. The van der Waals surface area contributed by atoms with Crippen molar-refractivity contribution in [2.75, 3.05) is 64.3 Å². The van der Waals surface area contributed by atoms with E-state index >= 15 is 0 Å². The van der Waals surface area contributed by atoms with Crippen LogP contribution in [0, 0.1) is 13.8 Å². The van der Waals surface area contributed by atoms with E-state index in [4.69, 9.17) is 4.99 Å². The number of benzene rings is 1. The highest BCUT2D eigenvalue weighted by atomic mass is 16.2. The Labute approximate surface area is 181 Å². The Kier molecular flexibility index (Phi) is 7.96. The molecule has 3 rings (SSSR count).